The number of aromatic nitrogens is 2. The van der Waals surface area contributed by atoms with Gasteiger partial charge in [0.1, 0.15) is 17.2 Å². The SMILES string of the molecule is Cc1c(CNc2nccc(N3CCOCC3)n2)oc2ccccc12. The van der Waals surface area contributed by atoms with Crippen molar-refractivity contribution in [3.8, 4) is 0 Å². The van der Waals surface area contributed by atoms with Gasteiger partial charge in [0.25, 0.3) is 0 Å². The van der Waals surface area contributed by atoms with Crippen molar-refractivity contribution in [1.29, 1.82) is 0 Å². The van der Waals surface area contributed by atoms with Gasteiger partial charge in [-0.1, -0.05) is 18.2 Å². The largest absolute Gasteiger partial charge is 0.459 e. The Morgan fingerprint density at radius 2 is 2.00 bits per heavy atom. The van der Waals surface area contributed by atoms with Crippen LogP contribution >= 0.6 is 0 Å². The summed E-state index contributed by atoms with van der Waals surface area (Å²) < 4.78 is 11.3. The van der Waals surface area contributed by atoms with E-state index in [1.165, 1.54) is 0 Å². The van der Waals surface area contributed by atoms with Crippen molar-refractivity contribution >= 4 is 22.7 Å². The number of nitrogens with one attached hydrogen (secondary N) is 1. The summed E-state index contributed by atoms with van der Waals surface area (Å²) in [7, 11) is 0. The van der Waals surface area contributed by atoms with Gasteiger partial charge in [0.05, 0.1) is 19.8 Å². The van der Waals surface area contributed by atoms with E-state index in [0.717, 1.165) is 54.4 Å². The second-order valence-electron chi connectivity index (χ2n) is 5.84. The van der Waals surface area contributed by atoms with Gasteiger partial charge in [-0.3, -0.25) is 0 Å². The van der Waals surface area contributed by atoms with Crippen LogP contribution in [0.1, 0.15) is 11.3 Å². The lowest BCUT2D eigenvalue weighted by atomic mass is 10.1. The maximum Gasteiger partial charge on any atom is 0.224 e. The van der Waals surface area contributed by atoms with E-state index in [4.69, 9.17) is 9.15 Å². The Bertz CT molecular complexity index is 840. The van der Waals surface area contributed by atoms with Crippen molar-refractivity contribution in [3.63, 3.8) is 0 Å². The molecule has 1 fully saturated rings. The van der Waals surface area contributed by atoms with Crippen molar-refractivity contribution in [2.24, 2.45) is 0 Å². The summed E-state index contributed by atoms with van der Waals surface area (Å²) in [6, 6.07) is 10.0. The maximum atomic E-state index is 5.92. The van der Waals surface area contributed by atoms with Gasteiger partial charge in [0, 0.05) is 30.2 Å². The van der Waals surface area contributed by atoms with Crippen molar-refractivity contribution < 1.29 is 9.15 Å². The molecule has 6 nitrogen and oxygen atoms in total. The first-order valence-electron chi connectivity index (χ1n) is 8.18. The second-order valence-corrected chi connectivity index (χ2v) is 5.84. The Hall–Kier alpha value is -2.60. The summed E-state index contributed by atoms with van der Waals surface area (Å²) in [5.74, 6) is 2.45. The average molecular weight is 324 g/mol. The normalized spacial score (nSPS) is 15.0. The van der Waals surface area contributed by atoms with Gasteiger partial charge in [0.15, 0.2) is 0 Å². The highest BCUT2D eigenvalue weighted by atomic mass is 16.5. The predicted molar refractivity (Wildman–Crippen MR) is 93.3 cm³/mol. The summed E-state index contributed by atoms with van der Waals surface area (Å²) >= 11 is 0. The molecule has 0 amide bonds. The quantitative estimate of drug-likeness (QED) is 0.796. The van der Waals surface area contributed by atoms with Crippen LogP contribution in [-0.2, 0) is 11.3 Å². The standard InChI is InChI=1S/C18H20N4O2/c1-13-14-4-2-3-5-15(14)24-16(13)12-20-18-19-7-6-17(21-18)22-8-10-23-11-9-22/h2-7H,8-12H2,1H3,(H,19,20,21). The van der Waals surface area contributed by atoms with E-state index in [-0.39, 0.29) is 0 Å². The number of hydrogen-bond donors (Lipinski definition) is 1. The molecule has 1 saturated heterocycles. The van der Waals surface area contributed by atoms with E-state index < -0.39 is 0 Å². The van der Waals surface area contributed by atoms with E-state index in [0.29, 0.717) is 12.5 Å². The number of fused-ring (bicyclic) bond motifs is 1. The molecule has 2 aromatic heterocycles. The molecule has 6 heteroatoms. The fourth-order valence-electron chi connectivity index (χ4n) is 2.96. The van der Waals surface area contributed by atoms with Crippen LogP contribution in [0.3, 0.4) is 0 Å². The zero-order valence-electron chi connectivity index (χ0n) is 13.7. The van der Waals surface area contributed by atoms with Crippen LogP contribution in [0.2, 0.25) is 0 Å². The number of ether oxygens (including phenoxy) is 1. The van der Waals surface area contributed by atoms with Crippen LogP contribution in [0.5, 0.6) is 0 Å². The summed E-state index contributed by atoms with van der Waals surface area (Å²) in [6.45, 7) is 5.84. The minimum absolute atomic E-state index is 0.563. The van der Waals surface area contributed by atoms with Gasteiger partial charge in [-0.15, -0.1) is 0 Å². The first kappa shape index (κ1) is 15.0. The highest BCUT2D eigenvalue weighted by Crippen LogP contribution is 2.25. The maximum absolute atomic E-state index is 5.92. The molecule has 1 aliphatic heterocycles. The minimum atomic E-state index is 0.563. The lowest BCUT2D eigenvalue weighted by Gasteiger charge is -2.27. The molecule has 24 heavy (non-hydrogen) atoms. The molecule has 4 rings (SSSR count). The summed E-state index contributed by atoms with van der Waals surface area (Å²) in [5, 5.41) is 4.42. The van der Waals surface area contributed by atoms with Crippen molar-refractivity contribution in [2.45, 2.75) is 13.5 Å². The first-order chi connectivity index (χ1) is 11.8. The third kappa shape index (κ3) is 2.92. The Balaban J connectivity index is 1.49. The Kier molecular flexibility index (Phi) is 4.04. The van der Waals surface area contributed by atoms with Gasteiger partial charge in [-0.05, 0) is 19.1 Å². The van der Waals surface area contributed by atoms with E-state index in [1.54, 1.807) is 6.20 Å². The third-order valence-corrected chi connectivity index (χ3v) is 4.33. The average Bonchev–Trinajstić information content (AvgIpc) is 2.97. The zero-order valence-corrected chi connectivity index (χ0v) is 13.7. The smallest absolute Gasteiger partial charge is 0.224 e. The number of benzene rings is 1. The summed E-state index contributed by atoms with van der Waals surface area (Å²) in [5.41, 5.74) is 2.07. The van der Waals surface area contributed by atoms with E-state index >= 15 is 0 Å². The molecule has 0 spiro atoms. The van der Waals surface area contributed by atoms with Gasteiger partial charge in [0.2, 0.25) is 5.95 Å². The molecule has 0 aliphatic carbocycles. The zero-order chi connectivity index (χ0) is 16.4. The monoisotopic (exact) mass is 324 g/mol. The summed E-state index contributed by atoms with van der Waals surface area (Å²) in [4.78, 5) is 11.1. The Morgan fingerprint density at radius 1 is 1.17 bits per heavy atom. The van der Waals surface area contributed by atoms with Crippen LogP contribution in [0.4, 0.5) is 11.8 Å². The van der Waals surface area contributed by atoms with Crippen molar-refractivity contribution in [1.82, 2.24) is 9.97 Å². The molecule has 1 aromatic carbocycles. The van der Waals surface area contributed by atoms with Gasteiger partial charge in [-0.2, -0.15) is 4.98 Å². The number of hydrogen-bond acceptors (Lipinski definition) is 6. The van der Waals surface area contributed by atoms with Crippen LogP contribution < -0.4 is 10.2 Å². The highest BCUT2D eigenvalue weighted by Gasteiger charge is 2.14. The third-order valence-electron chi connectivity index (χ3n) is 4.33. The fourth-order valence-corrected chi connectivity index (χ4v) is 2.96. The van der Waals surface area contributed by atoms with Crippen LogP contribution in [0.25, 0.3) is 11.0 Å². The van der Waals surface area contributed by atoms with Crippen molar-refractivity contribution in [2.75, 3.05) is 36.5 Å². The number of rotatable bonds is 4. The van der Waals surface area contributed by atoms with Crippen LogP contribution in [0, 0.1) is 6.92 Å². The molecule has 1 N–H and O–H groups in total. The molecule has 0 bridgehead atoms. The lowest BCUT2D eigenvalue weighted by Crippen LogP contribution is -2.36. The molecule has 3 heterocycles. The molecule has 0 unspecified atom stereocenters. The fraction of sp³-hybridized carbons (Fsp3) is 0.333. The number of nitrogens with zero attached hydrogens (tertiary/aromatic N) is 3. The predicted octanol–water partition coefficient (Wildman–Crippen LogP) is 2.98. The molecular weight excluding hydrogens is 304 g/mol. The van der Waals surface area contributed by atoms with E-state index in [2.05, 4.69) is 33.2 Å². The van der Waals surface area contributed by atoms with Crippen molar-refractivity contribution in [3.05, 3.63) is 47.9 Å². The van der Waals surface area contributed by atoms with Crippen LogP contribution in [-0.4, -0.2) is 36.3 Å². The molecule has 1 aliphatic rings. The Labute approximate surface area is 140 Å². The molecule has 0 saturated carbocycles. The number of furan rings is 1. The number of anilines is 2. The minimum Gasteiger partial charge on any atom is -0.459 e. The molecule has 124 valence electrons. The first-order valence-corrected chi connectivity index (χ1v) is 8.18. The molecular formula is C18H20N4O2. The Morgan fingerprint density at radius 3 is 2.83 bits per heavy atom. The van der Waals surface area contributed by atoms with Crippen LogP contribution in [0.15, 0.2) is 40.9 Å². The number of morpholine rings is 1. The van der Waals surface area contributed by atoms with Gasteiger partial charge >= 0.3 is 0 Å². The van der Waals surface area contributed by atoms with Gasteiger partial charge < -0.3 is 19.4 Å². The molecule has 0 atom stereocenters. The topological polar surface area (TPSA) is 63.4 Å². The summed E-state index contributed by atoms with van der Waals surface area (Å²) in [6.07, 6.45) is 1.78. The molecule has 0 radical (unpaired) electrons. The van der Waals surface area contributed by atoms with Gasteiger partial charge in [-0.25, -0.2) is 4.98 Å². The lowest BCUT2D eigenvalue weighted by molar-refractivity contribution is 0.122. The van der Waals surface area contributed by atoms with E-state index in [1.807, 2.05) is 24.3 Å². The molecule has 3 aromatic rings. The number of aryl methyl sites for hydroxylation is 1. The highest BCUT2D eigenvalue weighted by molar-refractivity contribution is 5.81. The second kappa shape index (κ2) is 6.49. The van der Waals surface area contributed by atoms with E-state index in [9.17, 15) is 0 Å². The number of para-hydroxylation sites is 1.